The summed E-state index contributed by atoms with van der Waals surface area (Å²) in [5, 5.41) is 14.6. The minimum Gasteiger partial charge on any atom is -0.478 e. The Hall–Kier alpha value is -2.40. The maximum Gasteiger partial charge on any atom is 0.337 e. The molecule has 20 heavy (non-hydrogen) atoms. The number of fused-ring (bicyclic) bond motifs is 1. The lowest BCUT2D eigenvalue weighted by Crippen LogP contribution is -2.03. The third kappa shape index (κ3) is 2.35. The lowest BCUT2D eigenvalue weighted by atomic mass is 10.2. The van der Waals surface area contributed by atoms with Gasteiger partial charge >= 0.3 is 5.97 Å². The van der Waals surface area contributed by atoms with E-state index >= 15 is 0 Å². The third-order valence-corrected chi connectivity index (χ3v) is 3.22. The molecule has 1 aromatic carbocycles. The molecule has 0 bridgehead atoms. The highest BCUT2D eigenvalue weighted by Crippen LogP contribution is 2.16. The summed E-state index contributed by atoms with van der Waals surface area (Å²) in [6.45, 7) is 0.556. The molecule has 5 nitrogen and oxygen atoms in total. The molecule has 100 valence electrons. The van der Waals surface area contributed by atoms with Gasteiger partial charge in [0.05, 0.1) is 18.3 Å². The Kier molecular flexibility index (Phi) is 3.12. The van der Waals surface area contributed by atoms with E-state index in [-0.39, 0.29) is 5.56 Å². The molecule has 6 heteroatoms. The van der Waals surface area contributed by atoms with Crippen molar-refractivity contribution in [2.45, 2.75) is 6.54 Å². The zero-order valence-electron chi connectivity index (χ0n) is 10.3. The van der Waals surface area contributed by atoms with E-state index in [9.17, 15) is 4.79 Å². The molecular weight excluding hydrogens is 278 g/mol. The lowest BCUT2D eigenvalue weighted by Gasteiger charge is -2.03. The summed E-state index contributed by atoms with van der Waals surface area (Å²) in [7, 11) is 0. The van der Waals surface area contributed by atoms with Crippen LogP contribution in [-0.2, 0) is 6.54 Å². The van der Waals surface area contributed by atoms with Crippen molar-refractivity contribution in [3.63, 3.8) is 0 Å². The minimum absolute atomic E-state index is 0.156. The summed E-state index contributed by atoms with van der Waals surface area (Å²) in [5.41, 5.74) is 1.86. The van der Waals surface area contributed by atoms with Crippen LogP contribution in [-0.4, -0.2) is 25.8 Å². The molecule has 1 N–H and O–H groups in total. The number of pyridine rings is 1. The number of hydrogen-bond acceptors (Lipinski definition) is 3. The second-order valence-corrected chi connectivity index (χ2v) is 4.81. The normalized spacial score (nSPS) is 10.8. The molecule has 2 heterocycles. The van der Waals surface area contributed by atoms with Crippen LogP contribution in [0.25, 0.3) is 11.0 Å². The molecule has 0 atom stereocenters. The lowest BCUT2D eigenvalue weighted by molar-refractivity contribution is 0.0696. The van der Waals surface area contributed by atoms with Crippen molar-refractivity contribution in [2.24, 2.45) is 0 Å². The second-order valence-electron chi connectivity index (χ2n) is 4.37. The van der Waals surface area contributed by atoms with Crippen molar-refractivity contribution < 1.29 is 9.90 Å². The van der Waals surface area contributed by atoms with E-state index in [1.165, 1.54) is 6.20 Å². The van der Waals surface area contributed by atoms with Crippen molar-refractivity contribution in [2.75, 3.05) is 0 Å². The molecule has 2 aromatic heterocycles. The van der Waals surface area contributed by atoms with Crippen LogP contribution in [0.5, 0.6) is 0 Å². The standard InChI is InChI=1S/C14H10ClN3O2/c15-12-3-1-9(2-4-12)8-18-13-10(7-17-18)5-11(6-16-13)14(19)20/h1-7H,8H2,(H,19,20). The topological polar surface area (TPSA) is 68.0 Å². The van der Waals surface area contributed by atoms with E-state index in [0.29, 0.717) is 22.6 Å². The van der Waals surface area contributed by atoms with E-state index in [4.69, 9.17) is 16.7 Å². The number of carboxylic acid groups (broad SMARTS) is 1. The fraction of sp³-hybridized carbons (Fsp3) is 0.0714. The van der Waals surface area contributed by atoms with Gasteiger partial charge in [-0.25, -0.2) is 14.5 Å². The first kappa shape index (κ1) is 12.6. The number of hydrogen-bond donors (Lipinski definition) is 1. The number of rotatable bonds is 3. The fourth-order valence-corrected chi connectivity index (χ4v) is 2.09. The number of aromatic nitrogens is 3. The van der Waals surface area contributed by atoms with Crippen LogP contribution in [0.3, 0.4) is 0 Å². The van der Waals surface area contributed by atoms with Gasteiger partial charge in [-0.1, -0.05) is 23.7 Å². The molecule has 0 aliphatic carbocycles. The number of aromatic carboxylic acids is 1. The SMILES string of the molecule is O=C(O)c1cnc2c(cnn2Cc2ccc(Cl)cc2)c1. The van der Waals surface area contributed by atoms with Gasteiger partial charge in [0.1, 0.15) is 0 Å². The molecule has 3 rings (SSSR count). The number of benzene rings is 1. The first-order valence-electron chi connectivity index (χ1n) is 5.93. The monoisotopic (exact) mass is 287 g/mol. The molecule has 0 unspecified atom stereocenters. The van der Waals surface area contributed by atoms with Crippen molar-refractivity contribution in [3.8, 4) is 0 Å². The van der Waals surface area contributed by atoms with Gasteiger partial charge in [-0.3, -0.25) is 0 Å². The molecule has 3 aromatic rings. The largest absolute Gasteiger partial charge is 0.478 e. The highest BCUT2D eigenvalue weighted by atomic mass is 35.5. The Morgan fingerprint density at radius 1 is 1.25 bits per heavy atom. The molecule has 0 aliphatic heterocycles. The zero-order valence-corrected chi connectivity index (χ0v) is 11.1. The molecule has 0 saturated heterocycles. The Balaban J connectivity index is 1.96. The summed E-state index contributed by atoms with van der Waals surface area (Å²) in [6, 6.07) is 9.04. The first-order valence-corrected chi connectivity index (χ1v) is 6.30. The maximum absolute atomic E-state index is 10.9. The number of carboxylic acids is 1. The molecular formula is C14H10ClN3O2. The Morgan fingerprint density at radius 2 is 2.00 bits per heavy atom. The van der Waals surface area contributed by atoms with Crippen LogP contribution in [0.2, 0.25) is 5.02 Å². The third-order valence-electron chi connectivity index (χ3n) is 2.97. The fourth-order valence-electron chi connectivity index (χ4n) is 1.97. The van der Waals surface area contributed by atoms with Gasteiger partial charge in [0.2, 0.25) is 0 Å². The van der Waals surface area contributed by atoms with Gasteiger partial charge in [-0.15, -0.1) is 0 Å². The van der Waals surface area contributed by atoms with Crippen LogP contribution in [0.4, 0.5) is 0 Å². The van der Waals surface area contributed by atoms with Gasteiger partial charge < -0.3 is 5.11 Å². The quantitative estimate of drug-likeness (QED) is 0.804. The molecule has 0 spiro atoms. The summed E-state index contributed by atoms with van der Waals surface area (Å²) in [5.74, 6) is -0.996. The maximum atomic E-state index is 10.9. The molecule has 0 saturated carbocycles. The molecule has 0 amide bonds. The van der Waals surface area contributed by atoms with Crippen LogP contribution < -0.4 is 0 Å². The van der Waals surface area contributed by atoms with Gasteiger partial charge in [-0.05, 0) is 23.8 Å². The zero-order chi connectivity index (χ0) is 14.1. The number of halogens is 1. The first-order chi connectivity index (χ1) is 9.63. The average molecular weight is 288 g/mol. The number of carbonyl (C=O) groups is 1. The van der Waals surface area contributed by atoms with E-state index in [0.717, 1.165) is 5.56 Å². The van der Waals surface area contributed by atoms with Gasteiger partial charge in [0.25, 0.3) is 0 Å². The minimum atomic E-state index is -0.996. The predicted octanol–water partition coefficient (Wildman–Crippen LogP) is 2.83. The van der Waals surface area contributed by atoms with Crippen molar-refractivity contribution in [1.29, 1.82) is 0 Å². The average Bonchev–Trinajstić information content (AvgIpc) is 2.84. The van der Waals surface area contributed by atoms with Crippen molar-refractivity contribution in [1.82, 2.24) is 14.8 Å². The van der Waals surface area contributed by atoms with E-state index < -0.39 is 5.97 Å². The van der Waals surface area contributed by atoms with E-state index in [2.05, 4.69) is 10.1 Å². The van der Waals surface area contributed by atoms with Gasteiger partial charge in [-0.2, -0.15) is 5.10 Å². The predicted molar refractivity (Wildman–Crippen MR) is 75.0 cm³/mol. The van der Waals surface area contributed by atoms with Crippen molar-refractivity contribution in [3.05, 3.63) is 58.9 Å². The Bertz CT molecular complexity index is 781. The summed E-state index contributed by atoms with van der Waals surface area (Å²) in [6.07, 6.45) is 2.95. The van der Waals surface area contributed by atoms with Crippen LogP contribution >= 0.6 is 11.6 Å². The molecule has 0 radical (unpaired) electrons. The summed E-state index contributed by atoms with van der Waals surface area (Å²) < 4.78 is 1.73. The molecule has 0 fully saturated rings. The molecule has 0 aliphatic rings. The Morgan fingerprint density at radius 3 is 2.70 bits per heavy atom. The Labute approximate surface area is 119 Å². The van der Waals surface area contributed by atoms with Crippen LogP contribution in [0.1, 0.15) is 15.9 Å². The van der Waals surface area contributed by atoms with Gasteiger partial charge in [0, 0.05) is 16.6 Å². The summed E-state index contributed by atoms with van der Waals surface area (Å²) >= 11 is 5.85. The number of nitrogens with zero attached hydrogens (tertiary/aromatic N) is 3. The second kappa shape index (κ2) is 4.94. The highest BCUT2D eigenvalue weighted by Gasteiger charge is 2.09. The van der Waals surface area contributed by atoms with Crippen LogP contribution in [0, 0.1) is 0 Å². The van der Waals surface area contributed by atoms with E-state index in [1.54, 1.807) is 16.9 Å². The van der Waals surface area contributed by atoms with Gasteiger partial charge in [0.15, 0.2) is 5.65 Å². The van der Waals surface area contributed by atoms with Crippen LogP contribution in [0.15, 0.2) is 42.7 Å². The smallest absolute Gasteiger partial charge is 0.337 e. The van der Waals surface area contributed by atoms with Crippen molar-refractivity contribution >= 4 is 28.6 Å². The van der Waals surface area contributed by atoms with E-state index in [1.807, 2.05) is 24.3 Å². The summed E-state index contributed by atoms with van der Waals surface area (Å²) in [4.78, 5) is 15.1. The highest BCUT2D eigenvalue weighted by molar-refractivity contribution is 6.30.